The number of carbonyl (C=O) groups excluding carboxylic acids is 1. The van der Waals surface area contributed by atoms with Gasteiger partial charge in [0.15, 0.2) is 0 Å². The molecule has 17 heavy (non-hydrogen) atoms. The molecule has 0 saturated heterocycles. The molecule has 0 aromatic carbocycles. The SMILES string of the molecule is Cc1cc(N)n(C(=O)c2c(C)nn(C)c2C)n1. The summed E-state index contributed by atoms with van der Waals surface area (Å²) in [4.78, 5) is 12.3. The van der Waals surface area contributed by atoms with Crippen molar-refractivity contribution in [1.29, 1.82) is 0 Å². The van der Waals surface area contributed by atoms with Gasteiger partial charge in [0.25, 0.3) is 5.91 Å². The molecule has 2 aromatic heterocycles. The van der Waals surface area contributed by atoms with Gasteiger partial charge in [-0.25, -0.2) is 0 Å². The smallest absolute Gasteiger partial charge is 0.283 e. The Morgan fingerprint density at radius 2 is 1.94 bits per heavy atom. The highest BCUT2D eigenvalue weighted by molar-refractivity contribution is 5.99. The minimum absolute atomic E-state index is 0.237. The van der Waals surface area contributed by atoms with Crippen molar-refractivity contribution in [2.24, 2.45) is 7.05 Å². The Labute approximate surface area is 99.0 Å². The van der Waals surface area contributed by atoms with Crippen molar-refractivity contribution in [3.05, 3.63) is 28.7 Å². The van der Waals surface area contributed by atoms with Crippen LogP contribution < -0.4 is 5.73 Å². The van der Waals surface area contributed by atoms with Gasteiger partial charge in [-0.2, -0.15) is 14.9 Å². The summed E-state index contributed by atoms with van der Waals surface area (Å²) in [5.41, 5.74) is 8.50. The fraction of sp³-hybridized carbons (Fsp3) is 0.364. The highest BCUT2D eigenvalue weighted by Crippen LogP contribution is 2.16. The molecule has 0 aliphatic heterocycles. The van der Waals surface area contributed by atoms with E-state index in [4.69, 9.17) is 5.73 Å². The van der Waals surface area contributed by atoms with Crippen LogP contribution in [-0.4, -0.2) is 25.5 Å². The molecule has 6 nitrogen and oxygen atoms in total. The standard InChI is InChI=1S/C11H15N5O/c1-6-5-9(12)16(13-6)11(17)10-7(2)14-15(4)8(10)3/h5H,12H2,1-4H3. The first kappa shape index (κ1) is 11.4. The van der Waals surface area contributed by atoms with Crippen molar-refractivity contribution in [2.45, 2.75) is 20.8 Å². The molecule has 2 aromatic rings. The lowest BCUT2D eigenvalue weighted by molar-refractivity contribution is 0.0946. The van der Waals surface area contributed by atoms with Gasteiger partial charge in [0, 0.05) is 18.8 Å². The molecule has 0 spiro atoms. The van der Waals surface area contributed by atoms with Gasteiger partial charge in [-0.3, -0.25) is 9.48 Å². The Hall–Kier alpha value is -2.11. The van der Waals surface area contributed by atoms with Crippen molar-refractivity contribution in [3.63, 3.8) is 0 Å². The van der Waals surface area contributed by atoms with E-state index in [2.05, 4.69) is 10.2 Å². The summed E-state index contributed by atoms with van der Waals surface area (Å²) in [5.74, 6) is 0.105. The second-order valence-corrected chi connectivity index (χ2v) is 4.10. The maximum absolute atomic E-state index is 12.3. The van der Waals surface area contributed by atoms with Crippen LogP contribution in [0.15, 0.2) is 6.07 Å². The molecule has 2 rings (SSSR count). The Morgan fingerprint density at radius 1 is 1.29 bits per heavy atom. The van der Waals surface area contributed by atoms with E-state index in [1.807, 2.05) is 6.92 Å². The molecule has 0 radical (unpaired) electrons. The summed E-state index contributed by atoms with van der Waals surface area (Å²) in [6.07, 6.45) is 0. The zero-order valence-corrected chi connectivity index (χ0v) is 10.4. The number of nitrogen functional groups attached to an aromatic ring is 1. The van der Waals surface area contributed by atoms with Gasteiger partial charge in [0.05, 0.1) is 17.0 Å². The van der Waals surface area contributed by atoms with E-state index < -0.39 is 0 Å². The van der Waals surface area contributed by atoms with Gasteiger partial charge in [0.2, 0.25) is 0 Å². The van der Waals surface area contributed by atoms with Crippen LogP contribution in [0.5, 0.6) is 0 Å². The van der Waals surface area contributed by atoms with Crippen molar-refractivity contribution >= 4 is 11.7 Å². The van der Waals surface area contributed by atoms with Gasteiger partial charge in [0.1, 0.15) is 5.82 Å². The fourth-order valence-electron chi connectivity index (χ4n) is 1.87. The van der Waals surface area contributed by atoms with Gasteiger partial charge < -0.3 is 5.73 Å². The first-order valence-electron chi connectivity index (χ1n) is 5.29. The number of carbonyl (C=O) groups is 1. The Morgan fingerprint density at radius 3 is 2.35 bits per heavy atom. The van der Waals surface area contributed by atoms with E-state index in [0.29, 0.717) is 17.1 Å². The predicted molar refractivity (Wildman–Crippen MR) is 63.8 cm³/mol. The van der Waals surface area contributed by atoms with Crippen molar-refractivity contribution in [3.8, 4) is 0 Å². The maximum Gasteiger partial charge on any atom is 0.283 e. The van der Waals surface area contributed by atoms with Crippen LogP contribution >= 0.6 is 0 Å². The first-order chi connectivity index (χ1) is 7.91. The average Bonchev–Trinajstić information content (AvgIpc) is 2.68. The maximum atomic E-state index is 12.3. The number of anilines is 1. The molecule has 0 fully saturated rings. The molecule has 0 aliphatic carbocycles. The van der Waals surface area contributed by atoms with Crippen LogP contribution in [-0.2, 0) is 7.05 Å². The summed E-state index contributed by atoms with van der Waals surface area (Å²) in [6.45, 7) is 5.44. The number of aryl methyl sites for hydroxylation is 3. The predicted octanol–water partition coefficient (Wildman–Crippen LogP) is 0.813. The van der Waals surface area contributed by atoms with Gasteiger partial charge in [-0.1, -0.05) is 0 Å². The van der Waals surface area contributed by atoms with Crippen LogP contribution in [0.4, 0.5) is 5.82 Å². The van der Waals surface area contributed by atoms with Crippen LogP contribution in [0.2, 0.25) is 0 Å². The Kier molecular flexibility index (Phi) is 2.49. The second kappa shape index (κ2) is 3.73. The molecule has 0 saturated carbocycles. The molecule has 0 aliphatic rings. The average molecular weight is 233 g/mol. The lowest BCUT2D eigenvalue weighted by Gasteiger charge is -2.03. The van der Waals surface area contributed by atoms with Gasteiger partial charge in [-0.15, -0.1) is 0 Å². The van der Waals surface area contributed by atoms with Gasteiger partial charge in [-0.05, 0) is 20.8 Å². The Bertz CT molecular complexity index is 593. The molecule has 2 N–H and O–H groups in total. The minimum atomic E-state index is -0.237. The minimum Gasteiger partial charge on any atom is -0.383 e. The fourth-order valence-corrected chi connectivity index (χ4v) is 1.87. The molecule has 0 atom stereocenters. The van der Waals surface area contributed by atoms with Crippen LogP contribution in [0.1, 0.15) is 27.4 Å². The summed E-state index contributed by atoms with van der Waals surface area (Å²) in [5, 5.41) is 8.29. The highest BCUT2D eigenvalue weighted by atomic mass is 16.2. The number of nitrogens with zero attached hydrogens (tertiary/aromatic N) is 4. The highest BCUT2D eigenvalue weighted by Gasteiger charge is 2.21. The van der Waals surface area contributed by atoms with Crippen molar-refractivity contribution in [2.75, 3.05) is 5.73 Å². The molecule has 6 heteroatoms. The summed E-state index contributed by atoms with van der Waals surface area (Å²) in [6, 6.07) is 1.67. The topological polar surface area (TPSA) is 78.7 Å². The third-order valence-corrected chi connectivity index (χ3v) is 2.77. The van der Waals surface area contributed by atoms with E-state index in [0.717, 1.165) is 11.4 Å². The normalized spacial score (nSPS) is 10.8. The Balaban J connectivity index is 2.55. The number of aromatic nitrogens is 4. The third-order valence-electron chi connectivity index (χ3n) is 2.77. The largest absolute Gasteiger partial charge is 0.383 e. The monoisotopic (exact) mass is 233 g/mol. The molecular weight excluding hydrogens is 218 g/mol. The number of nitrogens with two attached hydrogens (primary N) is 1. The van der Waals surface area contributed by atoms with E-state index in [1.54, 1.807) is 31.6 Å². The molecule has 0 amide bonds. The zero-order valence-electron chi connectivity index (χ0n) is 10.4. The van der Waals surface area contributed by atoms with E-state index >= 15 is 0 Å². The van der Waals surface area contributed by atoms with Crippen LogP contribution in [0, 0.1) is 20.8 Å². The quantitative estimate of drug-likeness (QED) is 0.790. The summed E-state index contributed by atoms with van der Waals surface area (Å²) in [7, 11) is 1.80. The number of hydrogen-bond acceptors (Lipinski definition) is 4. The molecule has 2 heterocycles. The summed E-state index contributed by atoms with van der Waals surface area (Å²) < 4.78 is 2.89. The molecule has 0 bridgehead atoms. The van der Waals surface area contributed by atoms with E-state index in [9.17, 15) is 4.79 Å². The third kappa shape index (κ3) is 1.71. The lowest BCUT2D eigenvalue weighted by atomic mass is 10.2. The summed E-state index contributed by atoms with van der Waals surface area (Å²) >= 11 is 0. The molecule has 0 unspecified atom stereocenters. The van der Waals surface area contributed by atoms with Gasteiger partial charge >= 0.3 is 0 Å². The zero-order chi connectivity index (χ0) is 12.7. The first-order valence-corrected chi connectivity index (χ1v) is 5.29. The number of hydrogen-bond donors (Lipinski definition) is 1. The number of rotatable bonds is 1. The van der Waals surface area contributed by atoms with E-state index in [1.165, 1.54) is 4.68 Å². The molecular formula is C11H15N5O. The van der Waals surface area contributed by atoms with Crippen LogP contribution in [0.25, 0.3) is 0 Å². The van der Waals surface area contributed by atoms with Crippen molar-refractivity contribution in [1.82, 2.24) is 19.6 Å². The van der Waals surface area contributed by atoms with Crippen LogP contribution in [0.3, 0.4) is 0 Å². The second-order valence-electron chi connectivity index (χ2n) is 4.10. The lowest BCUT2D eigenvalue weighted by Crippen LogP contribution is -2.17. The van der Waals surface area contributed by atoms with Crippen molar-refractivity contribution < 1.29 is 4.79 Å². The van der Waals surface area contributed by atoms with E-state index in [-0.39, 0.29) is 5.91 Å². The molecule has 90 valence electrons.